The van der Waals surface area contributed by atoms with Crippen molar-refractivity contribution >= 4 is 143 Å². The molecule has 1 spiro atoms. The van der Waals surface area contributed by atoms with Gasteiger partial charge >= 0.3 is 84.2 Å². The largest absolute Gasteiger partial charge is 1.00 e. The summed E-state index contributed by atoms with van der Waals surface area (Å²) in [6, 6.07) is 11.1. The molecule has 3 aliphatic heterocycles. The van der Waals surface area contributed by atoms with E-state index in [9.17, 15) is 52.6 Å². The maximum Gasteiger partial charge on any atom is 1.00 e. The van der Waals surface area contributed by atoms with Crippen molar-refractivity contribution in [2.45, 2.75) is 180 Å². The smallest absolute Gasteiger partial charge is 1.00 e. The van der Waals surface area contributed by atoms with Gasteiger partial charge in [-0.1, -0.05) is 63.7 Å². The van der Waals surface area contributed by atoms with Crippen molar-refractivity contribution in [3.05, 3.63) is 56.5 Å². The monoisotopic (exact) mass is 1750 g/mol. The standard InChI is InChI=1S/C14H15BrO3.C10H18O5.C9H16O5.C9H14O5.C8H5BrO2.C6H12Br2O.C6H14O3.C4H8O.CH3F.CH4O.Al.B.Li.Na.5H/c1-17-10-4-6-14(7-5-10)13(16)11-8-9(15)2-3-12(11)18-14;1-4-14-9(11)6-8(13-3)7-10(12)15-5-2;2*1-3-13-8(11)5-7(10)6-9(12)14-4-2;9-5-1-2-8-6(3-5)7(10)4-11-8;2*1-9-6(2-4-7)3-5-8;1-2-4-5-3-1;2*1-2;;;;;;;;;/h2-3,8,10H,4-7H2,1H3;8H,4-7H2,1-3H3;7,10H,3-6H2,1-2H3;3-6H2,1-2H3;1-3H,4H2;6H,2-5H2,1H3;6-8H,2-5H2,1H3;1-4H2;1H3;2H,1H3;;;;;;;;;/q;;;;;;;;;;;;2*+1;;;;2*-1/i;;;;;;;;1D;;;;;;;;;;. The fourth-order valence-electron chi connectivity index (χ4n) is 8.52. The number of rotatable bonds is 30. The van der Waals surface area contributed by atoms with Crippen molar-refractivity contribution in [1.82, 2.24) is 0 Å². The van der Waals surface area contributed by atoms with Crippen LogP contribution in [0.25, 0.3) is 0 Å². The van der Waals surface area contributed by atoms with Crippen molar-refractivity contribution < 1.29 is 182 Å². The third-order valence-corrected chi connectivity index (χ3v) is 15.2. The molecule has 2 aromatic carbocycles. The van der Waals surface area contributed by atoms with Crippen molar-refractivity contribution in [3.63, 3.8) is 0 Å². The number of methoxy groups -OCH3 is 4. The van der Waals surface area contributed by atoms with Crippen molar-refractivity contribution in [2.75, 3.05) is 126 Å². The van der Waals surface area contributed by atoms with Gasteiger partial charge in [-0.25, -0.2) is 0 Å². The molecule has 0 atom stereocenters. The number of fused-ring (bicyclic) bond motifs is 2. The number of carbonyl (C=O) groups excluding carboxylic acids is 9. The van der Waals surface area contributed by atoms with E-state index in [0.29, 0.717) is 49.0 Å². The summed E-state index contributed by atoms with van der Waals surface area (Å²) < 4.78 is 81.5. The van der Waals surface area contributed by atoms with E-state index < -0.39 is 54.6 Å². The fourth-order valence-corrected chi connectivity index (χ4v) is 10.3. The van der Waals surface area contributed by atoms with Gasteiger partial charge in [0.1, 0.15) is 24.3 Å². The van der Waals surface area contributed by atoms with Gasteiger partial charge in [-0.15, -0.1) is 0 Å². The Labute approximate surface area is 693 Å². The van der Waals surface area contributed by atoms with E-state index in [1.165, 1.54) is 20.0 Å². The number of halogens is 5. The molecule has 26 nitrogen and oxygen atoms in total. The first-order valence-corrected chi connectivity index (χ1v) is 36.1. The zero-order chi connectivity index (χ0) is 76.7. The molecule has 585 valence electrons. The molecule has 1 saturated heterocycles. The Morgan fingerprint density at radius 3 is 1.31 bits per heavy atom. The number of aliphatic hydroxyl groups excluding tert-OH is 4. The van der Waals surface area contributed by atoms with Gasteiger partial charge in [0.25, 0.3) is 0 Å². The molecular weight excluding hydrogens is 1640 g/mol. The molecule has 0 aromatic heterocycles. The summed E-state index contributed by atoms with van der Waals surface area (Å²) in [5.74, 6) is -1.85. The van der Waals surface area contributed by atoms with E-state index in [2.05, 4.69) is 82.7 Å². The molecule has 3 heterocycles. The second-order valence-corrected chi connectivity index (χ2v) is 23.8. The summed E-state index contributed by atoms with van der Waals surface area (Å²) in [6.45, 7) is 14.2. The van der Waals surface area contributed by atoms with Gasteiger partial charge in [-0.05, 0) is 142 Å². The summed E-state index contributed by atoms with van der Waals surface area (Å²) in [7, 11) is 6.51. The van der Waals surface area contributed by atoms with E-state index in [4.69, 9.17) is 59.3 Å². The van der Waals surface area contributed by atoms with Gasteiger partial charge in [0.15, 0.2) is 35.4 Å². The van der Waals surface area contributed by atoms with E-state index in [1.54, 1.807) is 75.0 Å². The first-order valence-electron chi connectivity index (χ1n) is 33.0. The van der Waals surface area contributed by atoms with Crippen LogP contribution in [0.1, 0.15) is 169 Å². The molecule has 4 N–H and O–H groups in total. The molecular formula is C68H114AlBBr4FLiNaO26. The minimum absolute atomic E-state index is 0. The Balaban J connectivity index is -0.000000124. The third-order valence-electron chi connectivity index (χ3n) is 13.3. The second kappa shape index (κ2) is 77.7. The van der Waals surface area contributed by atoms with Crippen LogP contribution in [0.4, 0.5) is 4.39 Å². The molecule has 3 radical (unpaired) electrons. The Kier molecular flexibility index (Phi) is 85.9. The molecule has 6 rings (SSSR count). The maximum absolute atomic E-state index is 12.5. The number of ether oxygens (including phenoxy) is 13. The van der Waals surface area contributed by atoms with E-state index in [0.717, 1.165) is 84.2 Å². The molecule has 103 heavy (non-hydrogen) atoms. The topological polar surface area (TPSA) is 355 Å². The van der Waals surface area contributed by atoms with Crippen LogP contribution in [0.5, 0.6) is 11.5 Å². The van der Waals surface area contributed by atoms with Crippen molar-refractivity contribution in [3.8, 4) is 11.5 Å². The Bertz CT molecular complexity index is 2460. The van der Waals surface area contributed by atoms with Crippen LogP contribution >= 0.6 is 63.7 Å². The molecule has 1 aliphatic carbocycles. The maximum atomic E-state index is 12.5. The minimum Gasteiger partial charge on any atom is -1.00 e. The Morgan fingerprint density at radius 2 is 0.971 bits per heavy atom. The number of carbonyl (C=O) groups is 9. The van der Waals surface area contributed by atoms with Crippen LogP contribution in [0.2, 0.25) is 0 Å². The zero-order valence-corrected chi connectivity index (χ0v) is 70.1. The van der Waals surface area contributed by atoms with E-state index >= 15 is 0 Å². The van der Waals surface area contributed by atoms with Gasteiger partial charge < -0.3 is 84.9 Å². The molecule has 4 aliphatic rings. The summed E-state index contributed by atoms with van der Waals surface area (Å²) in [5.41, 5.74) is 0.762. The van der Waals surface area contributed by atoms with Crippen molar-refractivity contribution in [2.24, 2.45) is 0 Å². The Hall–Kier alpha value is -2.45. The summed E-state index contributed by atoms with van der Waals surface area (Å²) in [5, 5.41) is 35.2. The van der Waals surface area contributed by atoms with E-state index in [1.807, 2.05) is 24.3 Å². The zero-order valence-electron chi connectivity index (χ0n) is 64.8. The fraction of sp³-hybridized carbons (Fsp3) is 0.691. The average Bonchev–Trinajstić information content (AvgIpc) is 1.61. The van der Waals surface area contributed by atoms with Crippen LogP contribution in [0.15, 0.2) is 45.3 Å². The van der Waals surface area contributed by atoms with Crippen LogP contribution < -0.4 is 57.9 Å². The van der Waals surface area contributed by atoms with Gasteiger partial charge in [0.2, 0.25) is 11.6 Å². The SMILES string of the molecule is C1CCOC1.CCOC(=O)CC(=O)CC(=O)OCC.CCOC(=O)CC(CC(=O)OCC)OC.CCOC(=O)CC(O)CC(=O)OCC.CO.COC(CCBr)CCBr.COC(CCO)CCO.COC1CCC2(CC1)Oc1ccc(Br)cc1C2=O.O=C1COc2ccc(Br)cc21.[2H]CF.[AlH3].[B].[H-].[H-].[Li+].[Na+]. The number of hydrogen-bond acceptors (Lipinski definition) is 26. The number of ketones is 3. The summed E-state index contributed by atoms with van der Waals surface area (Å²) in [4.78, 5) is 100. The van der Waals surface area contributed by atoms with Gasteiger partial charge in [0.05, 0.1) is 115 Å². The van der Waals surface area contributed by atoms with Crippen molar-refractivity contribution in [1.29, 1.82) is 0 Å². The summed E-state index contributed by atoms with van der Waals surface area (Å²) in [6.07, 6.45) is 7.51. The number of hydrogen-bond donors (Lipinski definition) is 4. The van der Waals surface area contributed by atoms with Crippen LogP contribution in [-0.4, -0.2) is 262 Å². The first-order chi connectivity index (χ1) is 47.8. The van der Waals surface area contributed by atoms with E-state index in [-0.39, 0.29) is 198 Å². The number of esters is 6. The predicted octanol–water partition coefficient (Wildman–Crippen LogP) is 3.00. The number of Topliss-reactive ketones (excluding diaryl/α,β-unsaturated/α-hetero) is 3. The second-order valence-electron chi connectivity index (χ2n) is 20.4. The van der Waals surface area contributed by atoms with Crippen LogP contribution in [-0.2, 0) is 85.7 Å². The molecule has 2 fully saturated rings. The van der Waals surface area contributed by atoms with Gasteiger partial charge in [0, 0.05) is 90.0 Å². The molecule has 1 saturated carbocycles. The number of alkyl halides is 3. The first kappa shape index (κ1) is 114. The average molecular weight is 1750 g/mol. The quantitative estimate of drug-likeness (QED) is 0.0287. The Morgan fingerprint density at radius 1 is 0.612 bits per heavy atom. The molecule has 35 heteroatoms. The van der Waals surface area contributed by atoms with Gasteiger partial charge in [-0.3, -0.25) is 47.5 Å². The molecule has 2 aromatic rings. The molecule has 0 bridgehead atoms. The minimum atomic E-state index is -1.02. The number of aliphatic hydroxyl groups is 4. The molecule has 0 amide bonds. The van der Waals surface area contributed by atoms with Crippen LogP contribution in [0.3, 0.4) is 0 Å². The third kappa shape index (κ3) is 59.2. The predicted molar refractivity (Wildman–Crippen MR) is 399 cm³/mol. The number of benzene rings is 2. The molecule has 0 unspecified atom stereocenters. The summed E-state index contributed by atoms with van der Waals surface area (Å²) >= 11 is 13.4. The van der Waals surface area contributed by atoms with Crippen LogP contribution in [0, 0.1) is 0 Å². The normalized spacial score (nSPS) is 14.2. The van der Waals surface area contributed by atoms with Gasteiger partial charge in [-0.2, -0.15) is 0 Å².